The zero-order chi connectivity index (χ0) is 26.2. The summed E-state index contributed by atoms with van der Waals surface area (Å²) in [5.74, 6) is -0.940. The fraction of sp³-hybridized carbons (Fsp3) is 0.500. The van der Waals surface area contributed by atoms with E-state index in [0.717, 1.165) is 49.6 Å². The number of hydrogen-bond acceptors (Lipinski definition) is 5. The molecule has 2 fully saturated rings. The average molecular weight is 558 g/mol. The zero-order valence-corrected chi connectivity index (χ0v) is 22.9. The highest BCUT2D eigenvalue weighted by molar-refractivity contribution is 7.89. The molecule has 10 heteroatoms. The quantitative estimate of drug-likeness (QED) is 0.435. The standard InChI is InChI=1S/C26H31Cl2FN2O4S/c1-15-4-5-17(13-31(15)16(2)19-8-20(27)10-21(28)9-19)14-35-25-12-24(29)23(11-22(25)18-6-7-18)26(32)30-36(3,33)34/h8-12,15-18H,4-7,13-14H2,1-3H3,(H,30,32)/t15-,16?,17-/m1/s1. The van der Waals surface area contributed by atoms with Crippen LogP contribution in [0.3, 0.4) is 0 Å². The van der Waals surface area contributed by atoms with Crippen LogP contribution in [0.25, 0.3) is 0 Å². The summed E-state index contributed by atoms with van der Waals surface area (Å²) in [6.45, 7) is 5.58. The van der Waals surface area contributed by atoms with Gasteiger partial charge in [-0.1, -0.05) is 23.2 Å². The molecule has 1 saturated heterocycles. The molecule has 196 valence electrons. The molecule has 1 unspecified atom stereocenters. The third kappa shape index (κ3) is 6.71. The fourth-order valence-electron chi connectivity index (χ4n) is 4.91. The van der Waals surface area contributed by atoms with Crippen LogP contribution in [0.1, 0.15) is 73.0 Å². The van der Waals surface area contributed by atoms with E-state index >= 15 is 0 Å². The number of nitrogens with one attached hydrogen (secondary N) is 1. The Hall–Kier alpha value is -1.87. The Labute approximate surface area is 222 Å². The number of likely N-dealkylation sites (tertiary alicyclic amines) is 1. The van der Waals surface area contributed by atoms with Gasteiger partial charge >= 0.3 is 0 Å². The molecule has 4 rings (SSSR count). The van der Waals surface area contributed by atoms with E-state index in [-0.39, 0.29) is 23.4 Å². The van der Waals surface area contributed by atoms with Gasteiger partial charge in [-0.2, -0.15) is 0 Å². The van der Waals surface area contributed by atoms with E-state index in [1.807, 2.05) is 16.9 Å². The summed E-state index contributed by atoms with van der Waals surface area (Å²) in [6, 6.07) is 8.75. The molecular formula is C26H31Cl2FN2O4S. The monoisotopic (exact) mass is 556 g/mol. The van der Waals surface area contributed by atoms with Crippen molar-refractivity contribution >= 4 is 39.1 Å². The van der Waals surface area contributed by atoms with Gasteiger partial charge in [0.05, 0.1) is 18.4 Å². The largest absolute Gasteiger partial charge is 0.493 e. The van der Waals surface area contributed by atoms with Gasteiger partial charge in [0, 0.05) is 40.7 Å². The van der Waals surface area contributed by atoms with Gasteiger partial charge in [0.25, 0.3) is 5.91 Å². The summed E-state index contributed by atoms with van der Waals surface area (Å²) in [4.78, 5) is 14.7. The third-order valence-corrected chi connectivity index (χ3v) is 8.00. The van der Waals surface area contributed by atoms with Gasteiger partial charge in [0.1, 0.15) is 11.6 Å². The summed E-state index contributed by atoms with van der Waals surface area (Å²) >= 11 is 12.5. The zero-order valence-electron chi connectivity index (χ0n) is 20.6. The Balaban J connectivity index is 1.47. The lowest BCUT2D eigenvalue weighted by molar-refractivity contribution is 0.0584. The second-order valence-electron chi connectivity index (χ2n) is 10.0. The molecule has 0 radical (unpaired) electrons. The first kappa shape index (κ1) is 27.2. The van der Waals surface area contributed by atoms with Gasteiger partial charge in [0.2, 0.25) is 10.0 Å². The van der Waals surface area contributed by atoms with Gasteiger partial charge in [0.15, 0.2) is 0 Å². The molecule has 2 aromatic rings. The van der Waals surface area contributed by atoms with E-state index in [1.165, 1.54) is 12.1 Å². The maximum Gasteiger partial charge on any atom is 0.267 e. The molecule has 0 bridgehead atoms. The van der Waals surface area contributed by atoms with E-state index in [0.29, 0.717) is 28.4 Å². The van der Waals surface area contributed by atoms with Crippen LogP contribution in [0.5, 0.6) is 5.75 Å². The van der Waals surface area contributed by atoms with E-state index < -0.39 is 21.7 Å². The molecule has 2 aliphatic rings. The molecule has 0 spiro atoms. The SMILES string of the molecule is CC(c1cc(Cl)cc(Cl)c1)N1C[C@H](COc2cc(F)c(C(=O)NS(C)(=O)=O)cc2C2CC2)CC[C@H]1C. The van der Waals surface area contributed by atoms with E-state index in [4.69, 9.17) is 27.9 Å². The maximum absolute atomic E-state index is 14.8. The number of piperidine rings is 1. The van der Waals surface area contributed by atoms with Crippen LogP contribution in [-0.2, 0) is 10.0 Å². The molecule has 1 aliphatic heterocycles. The topological polar surface area (TPSA) is 75.7 Å². The minimum atomic E-state index is -3.80. The molecule has 6 nitrogen and oxygen atoms in total. The number of ether oxygens (including phenoxy) is 1. The molecular weight excluding hydrogens is 526 g/mol. The summed E-state index contributed by atoms with van der Waals surface area (Å²) in [7, 11) is -3.80. The lowest BCUT2D eigenvalue weighted by atomic mass is 9.91. The van der Waals surface area contributed by atoms with Gasteiger partial charge in [-0.3, -0.25) is 9.69 Å². The number of benzene rings is 2. The van der Waals surface area contributed by atoms with E-state index in [2.05, 4.69) is 18.7 Å². The lowest BCUT2D eigenvalue weighted by Crippen LogP contribution is -2.44. The summed E-state index contributed by atoms with van der Waals surface area (Å²) in [5.41, 5.74) is 1.52. The van der Waals surface area contributed by atoms with Crippen LogP contribution in [0.15, 0.2) is 30.3 Å². The number of nitrogens with zero attached hydrogens (tertiary/aromatic N) is 1. The Morgan fingerprint density at radius 2 is 1.81 bits per heavy atom. The molecule has 36 heavy (non-hydrogen) atoms. The van der Waals surface area contributed by atoms with Gasteiger partial charge in [-0.05, 0) is 80.8 Å². The summed E-state index contributed by atoms with van der Waals surface area (Å²) in [6.07, 6.45) is 4.68. The first-order chi connectivity index (χ1) is 16.9. The van der Waals surface area contributed by atoms with Crippen molar-refractivity contribution in [3.8, 4) is 5.75 Å². The fourth-order valence-corrected chi connectivity index (χ4v) is 5.90. The highest BCUT2D eigenvalue weighted by atomic mass is 35.5. The number of hydrogen-bond donors (Lipinski definition) is 1. The highest BCUT2D eigenvalue weighted by Crippen LogP contribution is 2.45. The van der Waals surface area contributed by atoms with Crippen molar-refractivity contribution in [2.24, 2.45) is 5.92 Å². The Morgan fingerprint density at radius 1 is 1.14 bits per heavy atom. The number of halogens is 3. The minimum Gasteiger partial charge on any atom is -0.493 e. The minimum absolute atomic E-state index is 0.117. The molecule has 1 aliphatic carbocycles. The van der Waals surface area contributed by atoms with Gasteiger partial charge < -0.3 is 4.74 Å². The van der Waals surface area contributed by atoms with E-state index in [9.17, 15) is 17.6 Å². The van der Waals surface area contributed by atoms with Gasteiger partial charge in [-0.25, -0.2) is 17.5 Å². The maximum atomic E-state index is 14.8. The molecule has 1 N–H and O–H groups in total. The predicted octanol–water partition coefficient (Wildman–Crippen LogP) is 5.94. The normalized spacial score (nSPS) is 21.7. The first-order valence-electron chi connectivity index (χ1n) is 12.1. The molecule has 3 atom stereocenters. The number of amides is 1. The van der Waals surface area contributed by atoms with Crippen molar-refractivity contribution in [3.63, 3.8) is 0 Å². The summed E-state index contributed by atoms with van der Waals surface area (Å²) < 4.78 is 45.6. The van der Waals surface area contributed by atoms with Crippen LogP contribution in [0, 0.1) is 11.7 Å². The van der Waals surface area contributed by atoms with Crippen LogP contribution in [0.4, 0.5) is 4.39 Å². The molecule has 0 aromatic heterocycles. The van der Waals surface area contributed by atoms with Crippen LogP contribution in [-0.4, -0.2) is 44.7 Å². The van der Waals surface area contributed by atoms with Crippen LogP contribution in [0.2, 0.25) is 10.0 Å². The second kappa shape index (κ2) is 10.9. The van der Waals surface area contributed by atoms with Crippen molar-refractivity contribution in [2.75, 3.05) is 19.4 Å². The third-order valence-electron chi connectivity index (χ3n) is 7.01. The van der Waals surface area contributed by atoms with E-state index in [1.54, 1.807) is 6.07 Å². The second-order valence-corrected chi connectivity index (χ2v) is 12.6. The highest BCUT2D eigenvalue weighted by Gasteiger charge is 2.32. The van der Waals surface area contributed by atoms with Crippen molar-refractivity contribution in [2.45, 2.75) is 57.5 Å². The Kier molecular flexibility index (Phi) is 8.19. The number of sulfonamides is 1. The Morgan fingerprint density at radius 3 is 2.42 bits per heavy atom. The van der Waals surface area contributed by atoms with Crippen molar-refractivity contribution in [1.82, 2.24) is 9.62 Å². The Bertz CT molecular complexity index is 1230. The lowest BCUT2D eigenvalue weighted by Gasteiger charge is -2.42. The van der Waals surface area contributed by atoms with Crippen molar-refractivity contribution in [3.05, 3.63) is 62.9 Å². The van der Waals surface area contributed by atoms with Crippen LogP contribution < -0.4 is 9.46 Å². The predicted molar refractivity (Wildman–Crippen MR) is 140 cm³/mol. The smallest absolute Gasteiger partial charge is 0.267 e. The molecule has 2 aromatic carbocycles. The molecule has 1 saturated carbocycles. The number of carbonyl (C=O) groups is 1. The average Bonchev–Trinajstić information content (AvgIpc) is 3.61. The molecule has 1 amide bonds. The first-order valence-corrected chi connectivity index (χ1v) is 14.8. The number of rotatable bonds is 8. The summed E-state index contributed by atoms with van der Waals surface area (Å²) in [5, 5.41) is 1.22. The molecule has 1 heterocycles. The van der Waals surface area contributed by atoms with Crippen molar-refractivity contribution in [1.29, 1.82) is 0 Å². The van der Waals surface area contributed by atoms with Crippen LogP contribution >= 0.6 is 23.2 Å². The van der Waals surface area contributed by atoms with Crippen molar-refractivity contribution < 1.29 is 22.3 Å². The van der Waals surface area contributed by atoms with Gasteiger partial charge in [-0.15, -0.1) is 0 Å². The number of carbonyl (C=O) groups excluding carboxylic acids is 1.